The van der Waals surface area contributed by atoms with E-state index in [2.05, 4.69) is 32.6 Å². The first-order chi connectivity index (χ1) is 7.20. The third-order valence-corrected chi connectivity index (χ3v) is 2.82. The van der Waals surface area contributed by atoms with E-state index in [1.165, 1.54) is 0 Å². The van der Waals surface area contributed by atoms with E-state index in [4.69, 9.17) is 16.3 Å². The fraction of sp³-hybridized carbons (Fsp3) is 0.200. The van der Waals surface area contributed by atoms with Gasteiger partial charge in [0.2, 0.25) is 0 Å². The molecule has 1 aromatic carbocycles. The van der Waals surface area contributed by atoms with Gasteiger partial charge in [0.15, 0.2) is 0 Å². The van der Waals surface area contributed by atoms with Gasteiger partial charge in [-0.3, -0.25) is 0 Å². The lowest BCUT2D eigenvalue weighted by Gasteiger charge is -2.04. The molecule has 0 spiro atoms. The van der Waals surface area contributed by atoms with E-state index in [1.807, 2.05) is 25.1 Å². The minimum Gasteiger partial charge on any atom is -0.464 e. The Morgan fingerprint density at radius 1 is 1.40 bits per heavy atom. The smallest absolute Gasteiger partial charge is 0.318 e. The number of hydrogen-bond donors (Lipinski definition) is 0. The molecule has 0 aliphatic heterocycles. The molecule has 0 unspecified atom stereocenters. The Morgan fingerprint density at radius 3 is 2.93 bits per heavy atom. The van der Waals surface area contributed by atoms with Gasteiger partial charge in [0, 0.05) is 8.96 Å². The molecule has 1 aromatic heterocycles. The van der Waals surface area contributed by atoms with Crippen LogP contribution in [0.15, 0.2) is 18.2 Å². The van der Waals surface area contributed by atoms with E-state index in [-0.39, 0.29) is 0 Å². The Balaban J connectivity index is 2.62. The average Bonchev–Trinajstić information content (AvgIpc) is 2.20. The summed E-state index contributed by atoms with van der Waals surface area (Å²) in [6, 6.07) is 6.17. The SMILES string of the molecule is CCOc1nc(Cl)c2cc(I)ccc2n1. The quantitative estimate of drug-likeness (QED) is 0.624. The van der Waals surface area contributed by atoms with E-state index in [1.54, 1.807) is 0 Å². The second kappa shape index (κ2) is 4.49. The topological polar surface area (TPSA) is 35.0 Å². The summed E-state index contributed by atoms with van der Waals surface area (Å²) in [6.45, 7) is 2.42. The van der Waals surface area contributed by atoms with Gasteiger partial charge in [-0.1, -0.05) is 11.6 Å². The summed E-state index contributed by atoms with van der Waals surface area (Å²) in [6.07, 6.45) is 0. The standard InChI is InChI=1S/C10H8ClIN2O/c1-2-15-10-13-8-4-3-6(12)5-7(8)9(11)14-10/h3-5H,2H2,1H3. The Kier molecular flexibility index (Phi) is 3.25. The average molecular weight is 335 g/mol. The molecule has 0 N–H and O–H groups in total. The number of nitrogens with zero attached hydrogens (tertiary/aromatic N) is 2. The van der Waals surface area contributed by atoms with Crippen LogP contribution >= 0.6 is 34.2 Å². The van der Waals surface area contributed by atoms with Gasteiger partial charge in [0.25, 0.3) is 0 Å². The first-order valence-corrected chi connectivity index (χ1v) is 5.92. The maximum Gasteiger partial charge on any atom is 0.318 e. The van der Waals surface area contributed by atoms with E-state index in [0.717, 1.165) is 14.5 Å². The molecular formula is C10H8ClIN2O. The molecule has 0 saturated heterocycles. The van der Waals surface area contributed by atoms with Gasteiger partial charge in [-0.15, -0.1) is 0 Å². The zero-order chi connectivity index (χ0) is 10.8. The van der Waals surface area contributed by atoms with Crippen molar-refractivity contribution < 1.29 is 4.74 Å². The minimum atomic E-state index is 0.330. The van der Waals surface area contributed by atoms with Gasteiger partial charge in [-0.25, -0.2) is 0 Å². The highest BCUT2D eigenvalue weighted by atomic mass is 127. The van der Waals surface area contributed by atoms with E-state index in [9.17, 15) is 0 Å². The Bertz CT molecular complexity index is 504. The molecular weight excluding hydrogens is 326 g/mol. The Morgan fingerprint density at radius 2 is 2.20 bits per heavy atom. The lowest BCUT2D eigenvalue weighted by molar-refractivity contribution is 0.314. The summed E-state index contributed by atoms with van der Waals surface area (Å²) < 4.78 is 6.32. The van der Waals surface area contributed by atoms with Crippen LogP contribution in [-0.2, 0) is 0 Å². The monoisotopic (exact) mass is 334 g/mol. The van der Waals surface area contributed by atoms with Gasteiger partial charge in [-0.2, -0.15) is 9.97 Å². The summed E-state index contributed by atoms with van der Waals surface area (Å²) in [4.78, 5) is 8.31. The molecule has 0 saturated carbocycles. The zero-order valence-corrected chi connectivity index (χ0v) is 10.9. The van der Waals surface area contributed by atoms with Crippen LogP contribution in [0, 0.1) is 3.57 Å². The number of benzene rings is 1. The van der Waals surface area contributed by atoms with Crippen molar-refractivity contribution in [2.75, 3.05) is 6.61 Å². The van der Waals surface area contributed by atoms with Crippen molar-refractivity contribution in [3.8, 4) is 6.01 Å². The summed E-state index contributed by atoms with van der Waals surface area (Å²) in [5, 5.41) is 1.29. The third kappa shape index (κ3) is 2.31. The number of rotatable bonds is 2. The molecule has 0 radical (unpaired) electrons. The van der Waals surface area contributed by atoms with Crippen LogP contribution in [0.4, 0.5) is 0 Å². The largest absolute Gasteiger partial charge is 0.464 e. The molecule has 1 heterocycles. The van der Waals surface area contributed by atoms with Gasteiger partial charge in [-0.05, 0) is 47.7 Å². The molecule has 15 heavy (non-hydrogen) atoms. The number of aromatic nitrogens is 2. The molecule has 0 aliphatic rings. The molecule has 0 bridgehead atoms. The number of fused-ring (bicyclic) bond motifs is 1. The lowest BCUT2D eigenvalue weighted by Crippen LogP contribution is -1.98. The van der Waals surface area contributed by atoms with Crippen LogP contribution in [0.3, 0.4) is 0 Å². The van der Waals surface area contributed by atoms with Crippen molar-refractivity contribution in [3.05, 3.63) is 26.9 Å². The minimum absolute atomic E-state index is 0.330. The molecule has 2 rings (SSSR count). The third-order valence-electron chi connectivity index (χ3n) is 1.86. The fourth-order valence-corrected chi connectivity index (χ4v) is 1.95. The molecule has 3 nitrogen and oxygen atoms in total. The fourth-order valence-electron chi connectivity index (χ4n) is 1.24. The lowest BCUT2D eigenvalue weighted by atomic mass is 10.2. The summed E-state index contributed by atoms with van der Waals surface area (Å²) >= 11 is 8.26. The summed E-state index contributed by atoms with van der Waals surface area (Å²) in [5.41, 5.74) is 0.805. The molecule has 0 amide bonds. The predicted octanol–water partition coefficient (Wildman–Crippen LogP) is 3.29. The van der Waals surface area contributed by atoms with Gasteiger partial charge in [0.05, 0.1) is 12.1 Å². The highest BCUT2D eigenvalue weighted by molar-refractivity contribution is 14.1. The number of hydrogen-bond acceptors (Lipinski definition) is 3. The maximum absolute atomic E-state index is 6.04. The van der Waals surface area contributed by atoms with E-state index in [0.29, 0.717) is 17.8 Å². The summed E-state index contributed by atoms with van der Waals surface area (Å²) in [5.74, 6) is 0. The van der Waals surface area contributed by atoms with Crippen LogP contribution in [0.1, 0.15) is 6.92 Å². The van der Waals surface area contributed by atoms with Gasteiger partial charge < -0.3 is 4.74 Å². The first-order valence-electron chi connectivity index (χ1n) is 4.46. The molecule has 0 atom stereocenters. The summed E-state index contributed by atoms with van der Waals surface area (Å²) in [7, 11) is 0. The molecule has 78 valence electrons. The van der Waals surface area contributed by atoms with Crippen LogP contribution in [-0.4, -0.2) is 16.6 Å². The number of ether oxygens (including phenoxy) is 1. The van der Waals surface area contributed by atoms with Gasteiger partial charge in [0.1, 0.15) is 5.15 Å². The van der Waals surface area contributed by atoms with Crippen LogP contribution < -0.4 is 4.74 Å². The molecule has 0 aliphatic carbocycles. The Labute approximate surface area is 106 Å². The molecule has 0 fully saturated rings. The van der Waals surface area contributed by atoms with E-state index >= 15 is 0 Å². The predicted molar refractivity (Wildman–Crippen MR) is 68.4 cm³/mol. The van der Waals surface area contributed by atoms with Crippen LogP contribution in [0.25, 0.3) is 10.9 Å². The van der Waals surface area contributed by atoms with Crippen molar-refractivity contribution >= 4 is 45.1 Å². The normalized spacial score (nSPS) is 10.6. The number of halogens is 2. The van der Waals surface area contributed by atoms with Crippen molar-refractivity contribution in [2.45, 2.75) is 6.92 Å². The highest BCUT2D eigenvalue weighted by Gasteiger charge is 2.06. The maximum atomic E-state index is 6.04. The van der Waals surface area contributed by atoms with Crippen molar-refractivity contribution in [3.63, 3.8) is 0 Å². The second-order valence-corrected chi connectivity index (χ2v) is 4.50. The van der Waals surface area contributed by atoms with Crippen molar-refractivity contribution in [1.29, 1.82) is 0 Å². The zero-order valence-electron chi connectivity index (χ0n) is 8.00. The second-order valence-electron chi connectivity index (χ2n) is 2.89. The van der Waals surface area contributed by atoms with Crippen molar-refractivity contribution in [2.24, 2.45) is 0 Å². The molecule has 5 heteroatoms. The van der Waals surface area contributed by atoms with Crippen LogP contribution in [0.2, 0.25) is 5.15 Å². The van der Waals surface area contributed by atoms with Crippen LogP contribution in [0.5, 0.6) is 6.01 Å². The highest BCUT2D eigenvalue weighted by Crippen LogP contribution is 2.24. The van der Waals surface area contributed by atoms with Gasteiger partial charge >= 0.3 is 6.01 Å². The first kappa shape index (κ1) is 10.9. The van der Waals surface area contributed by atoms with Crippen molar-refractivity contribution in [1.82, 2.24) is 9.97 Å². The van der Waals surface area contributed by atoms with E-state index < -0.39 is 0 Å². The Hall–Kier alpha value is -0.620. The molecule has 2 aromatic rings.